The molecule has 2 aromatic carbocycles. The van der Waals surface area contributed by atoms with E-state index in [2.05, 4.69) is 30.2 Å². The van der Waals surface area contributed by atoms with Gasteiger partial charge in [0.1, 0.15) is 0 Å². The van der Waals surface area contributed by atoms with Crippen molar-refractivity contribution in [3.63, 3.8) is 0 Å². The van der Waals surface area contributed by atoms with Crippen LogP contribution in [0.1, 0.15) is 24.4 Å². The van der Waals surface area contributed by atoms with Crippen molar-refractivity contribution in [1.29, 1.82) is 0 Å². The molecule has 0 aliphatic carbocycles. The largest absolute Gasteiger partial charge is 0.324 e. The fraction of sp³-hybridized carbons (Fsp3) is 0.200. The zero-order valence-corrected chi connectivity index (χ0v) is 9.19. The van der Waals surface area contributed by atoms with E-state index in [-0.39, 0.29) is 6.04 Å². The first-order chi connectivity index (χ1) is 7.83. The molecule has 80 valence electrons. The molecule has 1 heteroatoms. The molecule has 0 radical (unpaired) electrons. The minimum Gasteiger partial charge on any atom is -0.324 e. The highest BCUT2D eigenvalue weighted by Crippen LogP contribution is 2.25. The van der Waals surface area contributed by atoms with E-state index >= 15 is 0 Å². The van der Waals surface area contributed by atoms with Gasteiger partial charge in [-0.25, -0.2) is 0 Å². The molecule has 0 fully saturated rings. The van der Waals surface area contributed by atoms with Crippen LogP contribution in [0.5, 0.6) is 0 Å². The summed E-state index contributed by atoms with van der Waals surface area (Å²) in [5.41, 5.74) is 7.34. The Bertz CT molecular complexity index is 517. The lowest BCUT2D eigenvalue weighted by Crippen LogP contribution is -2.10. The highest BCUT2D eigenvalue weighted by atomic mass is 14.6. The van der Waals surface area contributed by atoms with Gasteiger partial charge in [-0.3, -0.25) is 0 Å². The highest BCUT2D eigenvalue weighted by molar-refractivity contribution is 5.86. The van der Waals surface area contributed by atoms with E-state index < -0.39 is 0 Å². The van der Waals surface area contributed by atoms with Crippen molar-refractivity contribution < 1.29 is 0 Å². The van der Waals surface area contributed by atoms with E-state index in [0.29, 0.717) is 0 Å². The van der Waals surface area contributed by atoms with Crippen LogP contribution < -0.4 is 5.73 Å². The van der Waals surface area contributed by atoms with Crippen LogP contribution >= 0.6 is 0 Å². The van der Waals surface area contributed by atoms with Gasteiger partial charge in [-0.05, 0) is 22.8 Å². The van der Waals surface area contributed by atoms with Crippen molar-refractivity contribution in [2.24, 2.45) is 5.73 Å². The third kappa shape index (κ3) is 2.08. The summed E-state index contributed by atoms with van der Waals surface area (Å²) >= 11 is 0. The number of hydrogen-bond acceptors (Lipinski definition) is 1. The molecular weight excluding hydrogens is 194 g/mol. The van der Waals surface area contributed by atoms with E-state index in [1.807, 2.05) is 18.2 Å². The van der Waals surface area contributed by atoms with Crippen LogP contribution in [0, 0.1) is 12.3 Å². The monoisotopic (exact) mass is 209 g/mol. The molecule has 1 atom stereocenters. The Morgan fingerprint density at radius 3 is 2.69 bits per heavy atom. The molecule has 0 aliphatic rings. The van der Waals surface area contributed by atoms with Gasteiger partial charge in [0.15, 0.2) is 0 Å². The second kappa shape index (κ2) is 4.83. The van der Waals surface area contributed by atoms with Gasteiger partial charge in [0.25, 0.3) is 0 Å². The molecule has 2 N–H and O–H groups in total. The van der Waals surface area contributed by atoms with Crippen molar-refractivity contribution in [2.45, 2.75) is 18.9 Å². The number of fused-ring (bicyclic) bond motifs is 1. The number of rotatable bonds is 3. The fourth-order valence-electron chi connectivity index (χ4n) is 1.97. The Balaban J connectivity index is 2.40. The quantitative estimate of drug-likeness (QED) is 0.771. The Kier molecular flexibility index (Phi) is 3.24. The van der Waals surface area contributed by atoms with Crippen molar-refractivity contribution in [3.8, 4) is 12.3 Å². The molecule has 0 saturated carbocycles. The molecule has 0 aliphatic heterocycles. The maximum atomic E-state index is 6.15. The zero-order chi connectivity index (χ0) is 11.4. The van der Waals surface area contributed by atoms with E-state index in [9.17, 15) is 0 Å². The molecule has 0 saturated heterocycles. The zero-order valence-electron chi connectivity index (χ0n) is 9.19. The lowest BCUT2D eigenvalue weighted by atomic mass is 9.96. The maximum Gasteiger partial charge on any atom is 0.0310 e. The second-order valence-electron chi connectivity index (χ2n) is 3.92. The smallest absolute Gasteiger partial charge is 0.0310 e. The van der Waals surface area contributed by atoms with Crippen LogP contribution in [0.15, 0.2) is 42.5 Å². The fourth-order valence-corrected chi connectivity index (χ4v) is 1.97. The summed E-state index contributed by atoms with van der Waals surface area (Å²) in [6, 6.07) is 14.6. The summed E-state index contributed by atoms with van der Waals surface area (Å²) in [5.74, 6) is 2.64. The molecule has 2 rings (SSSR count). The number of nitrogens with two attached hydrogens (primary N) is 1. The van der Waals surface area contributed by atoms with Crippen molar-refractivity contribution in [3.05, 3.63) is 48.0 Å². The average Bonchev–Trinajstić information content (AvgIpc) is 2.35. The summed E-state index contributed by atoms with van der Waals surface area (Å²) in [6.45, 7) is 0. The molecule has 0 bridgehead atoms. The normalized spacial score (nSPS) is 12.2. The predicted octanol–water partition coefficient (Wildman–Crippen LogP) is 3.25. The molecule has 2 aromatic rings. The van der Waals surface area contributed by atoms with Gasteiger partial charge in [0, 0.05) is 12.5 Å². The number of terminal acetylenes is 1. The number of hydrogen-bond donors (Lipinski definition) is 1. The van der Waals surface area contributed by atoms with Gasteiger partial charge in [0.05, 0.1) is 0 Å². The Labute approximate surface area is 96.3 Å². The van der Waals surface area contributed by atoms with Gasteiger partial charge in [-0.15, -0.1) is 12.3 Å². The minimum absolute atomic E-state index is 0.0298. The minimum atomic E-state index is 0.0298. The summed E-state index contributed by atoms with van der Waals surface area (Å²) in [7, 11) is 0. The Morgan fingerprint density at radius 2 is 1.88 bits per heavy atom. The Hall–Kier alpha value is -1.78. The molecule has 1 nitrogen and oxygen atoms in total. The van der Waals surface area contributed by atoms with Crippen molar-refractivity contribution >= 4 is 10.8 Å². The van der Waals surface area contributed by atoms with Crippen LogP contribution in [0.4, 0.5) is 0 Å². The van der Waals surface area contributed by atoms with Crippen molar-refractivity contribution in [1.82, 2.24) is 0 Å². The first kappa shape index (κ1) is 10.7. The molecule has 16 heavy (non-hydrogen) atoms. The van der Waals surface area contributed by atoms with Gasteiger partial charge >= 0.3 is 0 Å². The average molecular weight is 209 g/mol. The highest BCUT2D eigenvalue weighted by Gasteiger charge is 2.08. The summed E-state index contributed by atoms with van der Waals surface area (Å²) < 4.78 is 0. The predicted molar refractivity (Wildman–Crippen MR) is 68.9 cm³/mol. The van der Waals surface area contributed by atoms with Gasteiger partial charge < -0.3 is 5.73 Å². The van der Waals surface area contributed by atoms with Gasteiger partial charge in [-0.2, -0.15) is 0 Å². The summed E-state index contributed by atoms with van der Waals surface area (Å²) in [4.78, 5) is 0. The summed E-state index contributed by atoms with van der Waals surface area (Å²) in [6.07, 6.45) is 6.83. The van der Waals surface area contributed by atoms with Crippen LogP contribution in [0.3, 0.4) is 0 Å². The lowest BCUT2D eigenvalue weighted by molar-refractivity contribution is 0.673. The van der Waals surface area contributed by atoms with E-state index in [1.54, 1.807) is 0 Å². The van der Waals surface area contributed by atoms with Crippen molar-refractivity contribution in [2.75, 3.05) is 0 Å². The van der Waals surface area contributed by atoms with E-state index in [4.69, 9.17) is 12.2 Å². The molecular formula is C15H15N. The third-order valence-corrected chi connectivity index (χ3v) is 2.82. The first-order valence-corrected chi connectivity index (χ1v) is 5.49. The maximum absolute atomic E-state index is 6.15. The lowest BCUT2D eigenvalue weighted by Gasteiger charge is -2.13. The molecule has 0 amide bonds. The number of benzene rings is 2. The van der Waals surface area contributed by atoms with Crippen LogP contribution in [-0.2, 0) is 0 Å². The van der Waals surface area contributed by atoms with E-state index in [1.165, 1.54) is 16.3 Å². The Morgan fingerprint density at radius 1 is 1.12 bits per heavy atom. The third-order valence-electron chi connectivity index (χ3n) is 2.82. The molecule has 1 unspecified atom stereocenters. The van der Waals surface area contributed by atoms with Crippen LogP contribution in [0.2, 0.25) is 0 Å². The topological polar surface area (TPSA) is 26.0 Å². The first-order valence-electron chi connectivity index (χ1n) is 5.49. The second-order valence-corrected chi connectivity index (χ2v) is 3.92. The molecule has 0 heterocycles. The molecule has 0 spiro atoms. The standard InChI is InChI=1S/C15H15N/c1-2-3-11-15(16)14-10-6-8-12-7-4-5-9-13(12)14/h1,4-10,15H,3,11,16H2. The SMILES string of the molecule is C#CCCC(N)c1cccc2ccccc12. The molecule has 0 aromatic heterocycles. The van der Waals surface area contributed by atoms with Crippen LogP contribution in [-0.4, -0.2) is 0 Å². The van der Waals surface area contributed by atoms with Crippen LogP contribution in [0.25, 0.3) is 10.8 Å². The van der Waals surface area contributed by atoms with Gasteiger partial charge in [-0.1, -0.05) is 42.5 Å². The van der Waals surface area contributed by atoms with E-state index in [0.717, 1.165) is 12.8 Å². The van der Waals surface area contributed by atoms with Gasteiger partial charge in [0.2, 0.25) is 0 Å². The summed E-state index contributed by atoms with van der Waals surface area (Å²) in [5, 5.41) is 2.46.